The number of benzene rings is 1. The van der Waals surface area contributed by atoms with Gasteiger partial charge in [0.2, 0.25) is 0 Å². The van der Waals surface area contributed by atoms with Gasteiger partial charge >= 0.3 is 0 Å². The molecule has 104 valence electrons. The zero-order chi connectivity index (χ0) is 14.3. The number of aromatic nitrogens is 1. The third kappa shape index (κ3) is 2.22. The summed E-state index contributed by atoms with van der Waals surface area (Å²) in [5.74, 6) is 1.88. The number of hydrogen-bond donors (Lipinski definition) is 1. The van der Waals surface area contributed by atoms with Crippen molar-refractivity contribution in [1.29, 1.82) is 0 Å². The van der Waals surface area contributed by atoms with Gasteiger partial charge in [-0.1, -0.05) is 31.2 Å². The summed E-state index contributed by atoms with van der Waals surface area (Å²) in [5, 5.41) is 1.72. The summed E-state index contributed by atoms with van der Waals surface area (Å²) in [5.41, 5.74) is 6.50. The van der Waals surface area contributed by atoms with Gasteiger partial charge in [-0.2, -0.15) is 0 Å². The second-order valence-electron chi connectivity index (χ2n) is 5.76. The average Bonchev–Trinajstić information content (AvgIpc) is 3.14. The Labute approximate surface area is 118 Å². The number of carbonyl (C=O) groups is 1. The third-order valence-electron chi connectivity index (χ3n) is 4.19. The Balaban J connectivity index is 1.93. The summed E-state index contributed by atoms with van der Waals surface area (Å²) in [4.78, 5) is 18.5. The summed E-state index contributed by atoms with van der Waals surface area (Å²) in [6.45, 7) is 3.04. The molecule has 1 aromatic heterocycles. The second-order valence-corrected chi connectivity index (χ2v) is 5.76. The molecule has 1 aromatic carbocycles. The van der Waals surface area contributed by atoms with E-state index in [-0.39, 0.29) is 5.91 Å². The number of hydrogen-bond acceptors (Lipinski definition) is 3. The largest absolute Gasteiger partial charge is 0.383 e. The van der Waals surface area contributed by atoms with Crippen LogP contribution in [0.3, 0.4) is 0 Å². The van der Waals surface area contributed by atoms with Crippen LogP contribution < -0.4 is 5.73 Å². The highest BCUT2D eigenvalue weighted by Gasteiger charge is 2.34. The van der Waals surface area contributed by atoms with Crippen molar-refractivity contribution >= 4 is 22.5 Å². The number of nitrogen functional groups attached to an aromatic ring is 1. The fourth-order valence-corrected chi connectivity index (χ4v) is 2.68. The number of pyridine rings is 1. The van der Waals surface area contributed by atoms with Crippen LogP contribution in [0, 0.1) is 11.8 Å². The maximum absolute atomic E-state index is 12.6. The first-order chi connectivity index (χ1) is 9.58. The SMILES string of the molecule is CC1CC1CN(C)C(=O)c1cnc(N)c2ccccc12. The highest BCUT2D eigenvalue weighted by molar-refractivity contribution is 6.08. The molecule has 0 aliphatic heterocycles. The van der Waals surface area contributed by atoms with Crippen LogP contribution in [0.15, 0.2) is 30.5 Å². The van der Waals surface area contributed by atoms with Crippen LogP contribution in [0.2, 0.25) is 0 Å². The molecule has 2 unspecified atom stereocenters. The minimum absolute atomic E-state index is 0.0211. The molecule has 0 radical (unpaired) electrons. The second kappa shape index (κ2) is 4.78. The van der Waals surface area contributed by atoms with Crippen LogP contribution in [0.1, 0.15) is 23.7 Å². The van der Waals surface area contributed by atoms with Crippen LogP contribution in [0.5, 0.6) is 0 Å². The summed E-state index contributed by atoms with van der Waals surface area (Å²) in [7, 11) is 1.86. The predicted octanol–water partition coefficient (Wildman–Crippen LogP) is 2.55. The summed E-state index contributed by atoms with van der Waals surface area (Å²) in [6, 6.07) is 7.65. The lowest BCUT2D eigenvalue weighted by atomic mass is 10.1. The fourth-order valence-electron chi connectivity index (χ4n) is 2.68. The molecule has 1 saturated carbocycles. The first-order valence-corrected chi connectivity index (χ1v) is 6.96. The minimum atomic E-state index is 0.0211. The molecular formula is C16H19N3O. The van der Waals surface area contributed by atoms with Gasteiger partial charge in [-0.15, -0.1) is 0 Å². The first-order valence-electron chi connectivity index (χ1n) is 6.96. The monoisotopic (exact) mass is 269 g/mol. The Morgan fingerprint density at radius 1 is 1.40 bits per heavy atom. The molecule has 4 heteroatoms. The molecule has 2 aromatic rings. The van der Waals surface area contributed by atoms with E-state index in [9.17, 15) is 4.79 Å². The van der Waals surface area contributed by atoms with E-state index in [1.54, 1.807) is 11.1 Å². The van der Waals surface area contributed by atoms with Crippen LogP contribution in [0.4, 0.5) is 5.82 Å². The summed E-state index contributed by atoms with van der Waals surface area (Å²) < 4.78 is 0. The van der Waals surface area contributed by atoms with Gasteiger partial charge in [-0.05, 0) is 23.6 Å². The molecule has 1 fully saturated rings. The van der Waals surface area contributed by atoms with Crippen LogP contribution in [-0.4, -0.2) is 29.4 Å². The highest BCUT2D eigenvalue weighted by Crippen LogP contribution is 2.38. The zero-order valence-electron chi connectivity index (χ0n) is 11.8. The minimum Gasteiger partial charge on any atom is -0.383 e. The van der Waals surface area contributed by atoms with Crippen molar-refractivity contribution in [2.75, 3.05) is 19.3 Å². The van der Waals surface area contributed by atoms with Gasteiger partial charge in [0.15, 0.2) is 0 Å². The van der Waals surface area contributed by atoms with E-state index in [0.29, 0.717) is 17.3 Å². The topological polar surface area (TPSA) is 59.2 Å². The highest BCUT2D eigenvalue weighted by atomic mass is 16.2. The number of amides is 1. The summed E-state index contributed by atoms with van der Waals surface area (Å²) in [6.07, 6.45) is 2.81. The molecule has 1 heterocycles. The van der Waals surface area contributed by atoms with Crippen molar-refractivity contribution < 1.29 is 4.79 Å². The van der Waals surface area contributed by atoms with Gasteiger partial charge in [-0.25, -0.2) is 4.98 Å². The maximum Gasteiger partial charge on any atom is 0.255 e. The number of fused-ring (bicyclic) bond motifs is 1. The average molecular weight is 269 g/mol. The van der Waals surface area contributed by atoms with Gasteiger partial charge in [-0.3, -0.25) is 4.79 Å². The van der Waals surface area contributed by atoms with Crippen molar-refractivity contribution in [3.05, 3.63) is 36.0 Å². The first kappa shape index (κ1) is 12.9. The number of nitrogens with zero attached hydrogens (tertiary/aromatic N) is 2. The molecule has 0 bridgehead atoms. The molecule has 2 N–H and O–H groups in total. The van der Waals surface area contributed by atoms with Gasteiger partial charge < -0.3 is 10.6 Å². The smallest absolute Gasteiger partial charge is 0.255 e. The molecule has 1 aliphatic rings. The van der Waals surface area contributed by atoms with Crippen LogP contribution in [0.25, 0.3) is 10.8 Å². The van der Waals surface area contributed by atoms with E-state index in [1.807, 2.05) is 31.3 Å². The Morgan fingerprint density at radius 3 is 2.70 bits per heavy atom. The Kier molecular flexibility index (Phi) is 3.08. The molecule has 20 heavy (non-hydrogen) atoms. The van der Waals surface area contributed by atoms with Gasteiger partial charge in [0, 0.05) is 25.2 Å². The Morgan fingerprint density at radius 2 is 2.05 bits per heavy atom. The van der Waals surface area contributed by atoms with Gasteiger partial charge in [0.25, 0.3) is 5.91 Å². The Hall–Kier alpha value is -2.10. The van der Waals surface area contributed by atoms with Crippen molar-refractivity contribution in [3.8, 4) is 0 Å². The lowest BCUT2D eigenvalue weighted by Crippen LogP contribution is -2.29. The van der Waals surface area contributed by atoms with E-state index in [4.69, 9.17) is 5.73 Å². The fraction of sp³-hybridized carbons (Fsp3) is 0.375. The molecule has 1 amide bonds. The number of carbonyl (C=O) groups excluding carboxylic acids is 1. The molecule has 0 saturated heterocycles. The lowest BCUT2D eigenvalue weighted by Gasteiger charge is -2.18. The normalized spacial score (nSPS) is 20.9. The molecular weight excluding hydrogens is 250 g/mol. The standard InChI is InChI=1S/C16H19N3O/c1-10-7-11(10)9-19(2)16(20)14-8-18-15(17)13-6-4-3-5-12(13)14/h3-6,8,10-11H,7,9H2,1-2H3,(H2,17,18). The van der Waals surface area contributed by atoms with Crippen molar-refractivity contribution in [3.63, 3.8) is 0 Å². The molecule has 2 atom stereocenters. The van der Waals surface area contributed by atoms with Gasteiger partial charge in [0.1, 0.15) is 5.82 Å². The maximum atomic E-state index is 12.6. The predicted molar refractivity (Wildman–Crippen MR) is 80.4 cm³/mol. The van der Waals surface area contributed by atoms with E-state index in [0.717, 1.165) is 23.2 Å². The molecule has 1 aliphatic carbocycles. The van der Waals surface area contributed by atoms with E-state index >= 15 is 0 Å². The van der Waals surface area contributed by atoms with E-state index in [2.05, 4.69) is 11.9 Å². The lowest BCUT2D eigenvalue weighted by molar-refractivity contribution is 0.0788. The van der Waals surface area contributed by atoms with Crippen molar-refractivity contribution in [2.45, 2.75) is 13.3 Å². The van der Waals surface area contributed by atoms with Crippen molar-refractivity contribution in [2.24, 2.45) is 11.8 Å². The molecule has 0 spiro atoms. The Bertz CT molecular complexity index is 668. The number of rotatable bonds is 3. The quantitative estimate of drug-likeness (QED) is 0.931. The number of nitrogens with two attached hydrogens (primary N) is 1. The van der Waals surface area contributed by atoms with E-state index in [1.165, 1.54) is 6.42 Å². The van der Waals surface area contributed by atoms with E-state index < -0.39 is 0 Å². The summed E-state index contributed by atoms with van der Waals surface area (Å²) >= 11 is 0. The molecule has 3 rings (SSSR count). The third-order valence-corrected chi connectivity index (χ3v) is 4.19. The van der Waals surface area contributed by atoms with Crippen molar-refractivity contribution in [1.82, 2.24) is 9.88 Å². The van der Waals surface area contributed by atoms with Crippen LogP contribution >= 0.6 is 0 Å². The zero-order valence-corrected chi connectivity index (χ0v) is 11.8. The van der Waals surface area contributed by atoms with Gasteiger partial charge in [0.05, 0.1) is 5.56 Å². The molecule has 4 nitrogen and oxygen atoms in total. The number of anilines is 1. The van der Waals surface area contributed by atoms with Crippen LogP contribution in [-0.2, 0) is 0 Å².